The van der Waals surface area contributed by atoms with Crippen LogP contribution in [0.5, 0.6) is 0 Å². The van der Waals surface area contributed by atoms with Gasteiger partial charge in [-0.15, -0.1) is 0 Å². The van der Waals surface area contributed by atoms with E-state index in [-0.39, 0.29) is 5.91 Å². The van der Waals surface area contributed by atoms with Gasteiger partial charge in [-0.1, -0.05) is 0 Å². The van der Waals surface area contributed by atoms with Crippen LogP contribution in [-0.2, 0) is 0 Å². The third kappa shape index (κ3) is 3.58. The Morgan fingerprint density at radius 3 is 2.63 bits per heavy atom. The predicted molar refractivity (Wildman–Crippen MR) is 102 cm³/mol. The highest BCUT2D eigenvalue weighted by Crippen LogP contribution is 2.35. The molecule has 0 aromatic carbocycles. The Morgan fingerprint density at radius 2 is 1.89 bits per heavy atom. The summed E-state index contributed by atoms with van der Waals surface area (Å²) in [4.78, 5) is 30.7. The highest BCUT2D eigenvalue weighted by Gasteiger charge is 2.38. The summed E-state index contributed by atoms with van der Waals surface area (Å²) in [6, 6.07) is 4.30. The van der Waals surface area contributed by atoms with E-state index in [1.807, 2.05) is 17.0 Å². The number of aromatic nitrogens is 3. The second-order valence-corrected chi connectivity index (χ2v) is 8.24. The summed E-state index contributed by atoms with van der Waals surface area (Å²) in [7, 11) is 0. The van der Waals surface area contributed by atoms with Gasteiger partial charge in [0.2, 0.25) is 0 Å². The molecule has 1 saturated carbocycles. The fourth-order valence-corrected chi connectivity index (χ4v) is 4.47. The number of fused-ring (bicyclic) bond motifs is 4. The van der Waals surface area contributed by atoms with Gasteiger partial charge < -0.3 is 4.90 Å². The highest BCUT2D eigenvalue weighted by atomic mass is 16.2. The molecule has 6 rings (SSSR count). The van der Waals surface area contributed by atoms with Gasteiger partial charge in [-0.3, -0.25) is 14.7 Å². The summed E-state index contributed by atoms with van der Waals surface area (Å²) in [5.41, 5.74) is 1.44. The number of amides is 1. The molecular formula is C21H25N5O. The van der Waals surface area contributed by atoms with Gasteiger partial charge in [0.15, 0.2) is 5.82 Å². The van der Waals surface area contributed by atoms with Crippen LogP contribution in [0.15, 0.2) is 36.9 Å². The van der Waals surface area contributed by atoms with Crippen molar-refractivity contribution in [1.82, 2.24) is 24.8 Å². The molecule has 27 heavy (non-hydrogen) atoms. The van der Waals surface area contributed by atoms with E-state index < -0.39 is 0 Å². The zero-order chi connectivity index (χ0) is 18.2. The van der Waals surface area contributed by atoms with Gasteiger partial charge in [-0.25, -0.2) is 9.97 Å². The van der Waals surface area contributed by atoms with Crippen molar-refractivity contribution in [3.8, 4) is 11.4 Å². The highest BCUT2D eigenvalue weighted by molar-refractivity contribution is 5.93. The molecule has 2 atom stereocenters. The molecule has 2 bridgehead atoms. The quantitative estimate of drug-likeness (QED) is 0.835. The summed E-state index contributed by atoms with van der Waals surface area (Å²) in [5, 5.41) is 0. The van der Waals surface area contributed by atoms with Gasteiger partial charge >= 0.3 is 0 Å². The van der Waals surface area contributed by atoms with E-state index in [2.05, 4.69) is 19.9 Å². The Bertz CT molecular complexity index is 805. The third-order valence-corrected chi connectivity index (χ3v) is 6.12. The van der Waals surface area contributed by atoms with Crippen LogP contribution < -0.4 is 0 Å². The maximum Gasteiger partial charge on any atom is 0.257 e. The summed E-state index contributed by atoms with van der Waals surface area (Å²) in [6.45, 7) is 4.08. The average Bonchev–Trinajstić information content (AvgIpc) is 3.56. The Labute approximate surface area is 159 Å². The van der Waals surface area contributed by atoms with Gasteiger partial charge in [0.25, 0.3) is 5.91 Å². The normalized spacial score (nSPS) is 25.4. The topological polar surface area (TPSA) is 62.2 Å². The van der Waals surface area contributed by atoms with Gasteiger partial charge in [0.1, 0.15) is 0 Å². The van der Waals surface area contributed by atoms with Crippen molar-refractivity contribution in [3.63, 3.8) is 0 Å². The molecule has 0 spiro atoms. The Hall–Kier alpha value is -2.34. The molecule has 0 radical (unpaired) electrons. The summed E-state index contributed by atoms with van der Waals surface area (Å²) in [5.74, 6) is 2.17. The molecular weight excluding hydrogens is 338 g/mol. The first kappa shape index (κ1) is 16.8. The molecule has 140 valence electrons. The van der Waals surface area contributed by atoms with Crippen molar-refractivity contribution in [1.29, 1.82) is 0 Å². The molecule has 4 aliphatic rings. The van der Waals surface area contributed by atoms with Gasteiger partial charge in [-0.05, 0) is 49.7 Å². The molecule has 0 unspecified atom stereocenters. The number of carbonyl (C=O) groups excluding carboxylic acids is 1. The fraction of sp³-hybridized carbons (Fsp3) is 0.524. The van der Waals surface area contributed by atoms with Crippen LogP contribution in [-0.4, -0.2) is 62.9 Å². The van der Waals surface area contributed by atoms with Crippen LogP contribution in [0.2, 0.25) is 0 Å². The van der Waals surface area contributed by atoms with Crippen LogP contribution >= 0.6 is 0 Å². The Kier molecular flexibility index (Phi) is 4.36. The summed E-state index contributed by atoms with van der Waals surface area (Å²) in [6.07, 6.45) is 12.0. The largest absolute Gasteiger partial charge is 0.337 e. The lowest BCUT2D eigenvalue weighted by Crippen LogP contribution is -2.45. The minimum Gasteiger partial charge on any atom is -0.337 e. The SMILES string of the molecule is O=C(c1cnc(-c2cccnc2)nc1)N1C[C@@H]2CC[C@H](C1)N(CC1CC1)C2. The first-order valence-corrected chi connectivity index (χ1v) is 10.0. The van der Waals surface area contributed by atoms with Crippen molar-refractivity contribution in [3.05, 3.63) is 42.5 Å². The fourth-order valence-electron chi connectivity index (χ4n) is 4.47. The van der Waals surface area contributed by atoms with E-state index in [0.29, 0.717) is 23.3 Å². The third-order valence-electron chi connectivity index (χ3n) is 6.12. The monoisotopic (exact) mass is 363 g/mol. The molecule has 6 heteroatoms. The predicted octanol–water partition coefficient (Wildman–Crippen LogP) is 2.49. The Morgan fingerprint density at radius 1 is 1.04 bits per heavy atom. The van der Waals surface area contributed by atoms with Crippen LogP contribution in [0.25, 0.3) is 11.4 Å². The number of piperidine rings is 1. The number of nitrogens with zero attached hydrogens (tertiary/aromatic N) is 5. The number of carbonyl (C=O) groups is 1. The second kappa shape index (κ2) is 7.00. The smallest absolute Gasteiger partial charge is 0.257 e. The molecule has 0 N–H and O–H groups in total. The molecule has 6 nitrogen and oxygen atoms in total. The minimum absolute atomic E-state index is 0.0675. The van der Waals surface area contributed by atoms with E-state index in [1.54, 1.807) is 24.8 Å². The molecule has 3 aliphatic heterocycles. The first-order valence-electron chi connectivity index (χ1n) is 10.0. The Balaban J connectivity index is 1.30. The maximum atomic E-state index is 13.1. The number of hydrogen-bond acceptors (Lipinski definition) is 5. The molecule has 4 fully saturated rings. The minimum atomic E-state index is 0.0675. The average molecular weight is 363 g/mol. The standard InChI is InChI=1S/C21H25N5O/c27-21(18-9-23-20(24-10-18)17-2-1-7-22-8-17)26-13-16-5-6-19(14-26)25(12-16)11-15-3-4-15/h1-2,7-10,15-16,19H,3-6,11-14H2/t16-,19-/m1/s1. The van der Waals surface area contributed by atoms with Crippen molar-refractivity contribution in [2.24, 2.45) is 11.8 Å². The van der Waals surface area contributed by atoms with E-state index >= 15 is 0 Å². The molecule has 3 saturated heterocycles. The second-order valence-electron chi connectivity index (χ2n) is 8.24. The van der Waals surface area contributed by atoms with Crippen molar-refractivity contribution < 1.29 is 4.79 Å². The number of pyridine rings is 1. The van der Waals surface area contributed by atoms with Crippen LogP contribution in [0.1, 0.15) is 36.0 Å². The zero-order valence-corrected chi connectivity index (χ0v) is 15.5. The lowest BCUT2D eigenvalue weighted by Gasteiger charge is -2.36. The van der Waals surface area contributed by atoms with Crippen LogP contribution in [0, 0.1) is 11.8 Å². The van der Waals surface area contributed by atoms with Gasteiger partial charge in [0.05, 0.1) is 5.56 Å². The van der Waals surface area contributed by atoms with Crippen LogP contribution in [0.3, 0.4) is 0 Å². The lowest BCUT2D eigenvalue weighted by atomic mass is 9.95. The summed E-state index contributed by atoms with van der Waals surface area (Å²) >= 11 is 0. The first-order chi connectivity index (χ1) is 13.3. The molecule has 2 aromatic heterocycles. The van der Waals surface area contributed by atoms with E-state index in [0.717, 1.165) is 31.1 Å². The van der Waals surface area contributed by atoms with Crippen molar-refractivity contribution in [2.75, 3.05) is 26.2 Å². The zero-order valence-electron chi connectivity index (χ0n) is 15.5. The van der Waals surface area contributed by atoms with Gasteiger partial charge in [-0.2, -0.15) is 0 Å². The van der Waals surface area contributed by atoms with E-state index in [9.17, 15) is 4.79 Å². The van der Waals surface area contributed by atoms with E-state index in [4.69, 9.17) is 0 Å². The van der Waals surface area contributed by atoms with Crippen molar-refractivity contribution >= 4 is 5.91 Å². The molecule has 1 amide bonds. The maximum absolute atomic E-state index is 13.1. The molecule has 2 aromatic rings. The number of rotatable bonds is 4. The van der Waals surface area contributed by atoms with Crippen molar-refractivity contribution in [2.45, 2.75) is 31.7 Å². The molecule has 1 aliphatic carbocycles. The lowest BCUT2D eigenvalue weighted by molar-refractivity contribution is 0.0736. The van der Waals surface area contributed by atoms with Gasteiger partial charge in [0, 0.05) is 62.6 Å². The summed E-state index contributed by atoms with van der Waals surface area (Å²) < 4.78 is 0. The van der Waals surface area contributed by atoms with Crippen LogP contribution in [0.4, 0.5) is 0 Å². The molecule has 5 heterocycles. The number of hydrogen-bond donors (Lipinski definition) is 0. The van der Waals surface area contributed by atoms with E-state index in [1.165, 1.54) is 32.2 Å².